The zero-order valence-corrected chi connectivity index (χ0v) is 13.0. The number of hydrogen-bond donors (Lipinski definition) is 0. The summed E-state index contributed by atoms with van der Waals surface area (Å²) in [5.74, 6) is 0.626. The van der Waals surface area contributed by atoms with Gasteiger partial charge in [0.1, 0.15) is 11.3 Å². The Balaban J connectivity index is 1.59. The lowest BCUT2D eigenvalue weighted by atomic mass is 10.1. The molecule has 116 valence electrons. The number of hydrogen-bond acceptors (Lipinski definition) is 5. The van der Waals surface area contributed by atoms with Crippen LogP contribution in [0.25, 0.3) is 0 Å². The highest BCUT2D eigenvalue weighted by molar-refractivity contribution is 5.96. The molecule has 22 heavy (non-hydrogen) atoms. The fraction of sp³-hybridized carbons (Fsp3) is 0.438. The Labute approximate surface area is 129 Å². The maximum absolute atomic E-state index is 12.6. The third-order valence-corrected chi connectivity index (χ3v) is 4.06. The van der Waals surface area contributed by atoms with Gasteiger partial charge in [0.25, 0.3) is 5.91 Å². The van der Waals surface area contributed by atoms with Crippen LogP contribution in [0.3, 0.4) is 0 Å². The van der Waals surface area contributed by atoms with Gasteiger partial charge < -0.3 is 9.42 Å². The van der Waals surface area contributed by atoms with Gasteiger partial charge in [0.15, 0.2) is 0 Å². The Kier molecular flexibility index (Phi) is 4.20. The van der Waals surface area contributed by atoms with Crippen LogP contribution in [-0.2, 0) is 6.54 Å². The molecule has 0 aliphatic carbocycles. The van der Waals surface area contributed by atoms with Crippen LogP contribution in [0.5, 0.6) is 0 Å². The van der Waals surface area contributed by atoms with E-state index in [0.29, 0.717) is 17.0 Å². The van der Waals surface area contributed by atoms with Gasteiger partial charge in [0.05, 0.1) is 5.69 Å². The quantitative estimate of drug-likeness (QED) is 0.862. The zero-order valence-electron chi connectivity index (χ0n) is 13.0. The zero-order chi connectivity index (χ0) is 15.5. The molecule has 1 amide bonds. The number of piperazine rings is 1. The van der Waals surface area contributed by atoms with Crippen LogP contribution in [0.15, 0.2) is 29.0 Å². The number of nitrogens with zero attached hydrogens (tertiary/aromatic N) is 4. The van der Waals surface area contributed by atoms with Gasteiger partial charge in [-0.1, -0.05) is 5.16 Å². The highest BCUT2D eigenvalue weighted by Gasteiger charge is 2.26. The van der Waals surface area contributed by atoms with E-state index in [1.165, 1.54) is 5.56 Å². The fourth-order valence-electron chi connectivity index (χ4n) is 2.80. The topological polar surface area (TPSA) is 62.5 Å². The van der Waals surface area contributed by atoms with Gasteiger partial charge in [-0.2, -0.15) is 0 Å². The largest absolute Gasteiger partial charge is 0.361 e. The summed E-state index contributed by atoms with van der Waals surface area (Å²) in [5.41, 5.74) is 2.53. The molecule has 1 aliphatic rings. The number of aromatic nitrogens is 2. The molecule has 0 spiro atoms. The summed E-state index contributed by atoms with van der Waals surface area (Å²) < 4.78 is 5.09. The van der Waals surface area contributed by atoms with E-state index in [2.05, 4.69) is 15.0 Å². The highest BCUT2D eigenvalue weighted by Crippen LogP contribution is 2.17. The van der Waals surface area contributed by atoms with Crippen molar-refractivity contribution < 1.29 is 9.32 Å². The molecule has 2 aromatic rings. The van der Waals surface area contributed by atoms with E-state index in [4.69, 9.17) is 4.52 Å². The number of aryl methyl sites for hydroxylation is 2. The Hall–Kier alpha value is -2.21. The molecule has 0 bridgehead atoms. The smallest absolute Gasteiger partial charge is 0.259 e. The van der Waals surface area contributed by atoms with Gasteiger partial charge in [-0.25, -0.2) is 0 Å². The second-order valence-electron chi connectivity index (χ2n) is 5.62. The maximum atomic E-state index is 12.6. The SMILES string of the molecule is Cc1noc(C)c1C(=O)N1CCN(Cc2ccncc2)CC1. The highest BCUT2D eigenvalue weighted by atomic mass is 16.5. The third kappa shape index (κ3) is 3.01. The Bertz CT molecular complexity index is 626. The van der Waals surface area contributed by atoms with E-state index in [-0.39, 0.29) is 5.91 Å². The second-order valence-corrected chi connectivity index (χ2v) is 5.62. The number of amides is 1. The van der Waals surface area contributed by atoms with E-state index >= 15 is 0 Å². The van der Waals surface area contributed by atoms with Crippen molar-refractivity contribution in [3.05, 3.63) is 47.1 Å². The van der Waals surface area contributed by atoms with E-state index in [1.54, 1.807) is 6.92 Å². The summed E-state index contributed by atoms with van der Waals surface area (Å²) in [5, 5.41) is 3.86. The molecule has 1 aliphatic heterocycles. The molecule has 6 heteroatoms. The van der Waals surface area contributed by atoms with Gasteiger partial charge in [0, 0.05) is 45.1 Å². The van der Waals surface area contributed by atoms with Gasteiger partial charge >= 0.3 is 0 Å². The van der Waals surface area contributed by atoms with E-state index in [0.717, 1.165) is 32.7 Å². The number of carbonyl (C=O) groups excluding carboxylic acids is 1. The van der Waals surface area contributed by atoms with Crippen LogP contribution >= 0.6 is 0 Å². The first-order chi connectivity index (χ1) is 10.6. The minimum atomic E-state index is 0.0276. The summed E-state index contributed by atoms with van der Waals surface area (Å²) in [6, 6.07) is 4.06. The lowest BCUT2D eigenvalue weighted by molar-refractivity contribution is 0.0626. The number of rotatable bonds is 3. The molecule has 6 nitrogen and oxygen atoms in total. The fourth-order valence-corrected chi connectivity index (χ4v) is 2.80. The third-order valence-electron chi connectivity index (χ3n) is 4.06. The summed E-state index contributed by atoms with van der Waals surface area (Å²) in [4.78, 5) is 20.8. The summed E-state index contributed by atoms with van der Waals surface area (Å²) >= 11 is 0. The summed E-state index contributed by atoms with van der Waals surface area (Å²) in [6.45, 7) is 7.70. The first kappa shape index (κ1) is 14.7. The Morgan fingerprint density at radius 2 is 1.86 bits per heavy atom. The molecule has 2 aromatic heterocycles. The minimum Gasteiger partial charge on any atom is -0.361 e. The molecule has 0 unspecified atom stereocenters. The standard InChI is InChI=1S/C16H20N4O2/c1-12-15(13(2)22-18-12)16(21)20-9-7-19(8-10-20)11-14-3-5-17-6-4-14/h3-6H,7-11H2,1-2H3. The van der Waals surface area contributed by atoms with Crippen molar-refractivity contribution >= 4 is 5.91 Å². The molecular formula is C16H20N4O2. The minimum absolute atomic E-state index is 0.0276. The molecule has 0 saturated carbocycles. The summed E-state index contributed by atoms with van der Waals surface area (Å²) in [7, 11) is 0. The average Bonchev–Trinajstić information content (AvgIpc) is 2.87. The average molecular weight is 300 g/mol. The Morgan fingerprint density at radius 3 is 2.45 bits per heavy atom. The molecule has 1 fully saturated rings. The molecule has 0 aromatic carbocycles. The van der Waals surface area contributed by atoms with Crippen molar-refractivity contribution in [3.8, 4) is 0 Å². The van der Waals surface area contributed by atoms with Crippen LogP contribution in [-0.4, -0.2) is 52.0 Å². The van der Waals surface area contributed by atoms with Crippen molar-refractivity contribution in [3.63, 3.8) is 0 Å². The van der Waals surface area contributed by atoms with Crippen molar-refractivity contribution in [2.75, 3.05) is 26.2 Å². The number of carbonyl (C=O) groups is 1. The van der Waals surface area contributed by atoms with E-state index in [1.807, 2.05) is 36.4 Å². The van der Waals surface area contributed by atoms with Crippen LogP contribution in [0.1, 0.15) is 27.4 Å². The Morgan fingerprint density at radius 1 is 1.18 bits per heavy atom. The lowest BCUT2D eigenvalue weighted by Crippen LogP contribution is -2.48. The normalized spacial score (nSPS) is 16.0. The molecule has 0 N–H and O–H groups in total. The molecule has 0 atom stereocenters. The van der Waals surface area contributed by atoms with Crippen LogP contribution in [0, 0.1) is 13.8 Å². The molecule has 3 rings (SSSR count). The second kappa shape index (κ2) is 6.27. The van der Waals surface area contributed by atoms with Crippen LogP contribution < -0.4 is 0 Å². The van der Waals surface area contributed by atoms with Crippen LogP contribution in [0.2, 0.25) is 0 Å². The van der Waals surface area contributed by atoms with Crippen molar-refractivity contribution in [1.82, 2.24) is 19.9 Å². The maximum Gasteiger partial charge on any atom is 0.259 e. The molecule has 1 saturated heterocycles. The van der Waals surface area contributed by atoms with E-state index < -0.39 is 0 Å². The summed E-state index contributed by atoms with van der Waals surface area (Å²) in [6.07, 6.45) is 3.62. The molecular weight excluding hydrogens is 280 g/mol. The lowest BCUT2D eigenvalue weighted by Gasteiger charge is -2.34. The van der Waals surface area contributed by atoms with Crippen molar-refractivity contribution in [2.24, 2.45) is 0 Å². The molecule has 0 radical (unpaired) electrons. The monoisotopic (exact) mass is 300 g/mol. The van der Waals surface area contributed by atoms with Gasteiger partial charge in [0.2, 0.25) is 0 Å². The predicted molar refractivity (Wildman–Crippen MR) is 81.4 cm³/mol. The van der Waals surface area contributed by atoms with Crippen molar-refractivity contribution in [1.29, 1.82) is 0 Å². The first-order valence-corrected chi connectivity index (χ1v) is 7.48. The van der Waals surface area contributed by atoms with E-state index in [9.17, 15) is 4.79 Å². The number of pyridine rings is 1. The van der Waals surface area contributed by atoms with Gasteiger partial charge in [-0.15, -0.1) is 0 Å². The molecule has 3 heterocycles. The van der Waals surface area contributed by atoms with Gasteiger partial charge in [-0.3, -0.25) is 14.7 Å². The predicted octanol–water partition coefficient (Wildman–Crippen LogP) is 1.64. The van der Waals surface area contributed by atoms with Gasteiger partial charge in [-0.05, 0) is 31.5 Å². The van der Waals surface area contributed by atoms with Crippen LogP contribution in [0.4, 0.5) is 0 Å². The van der Waals surface area contributed by atoms with Crippen molar-refractivity contribution in [2.45, 2.75) is 20.4 Å². The first-order valence-electron chi connectivity index (χ1n) is 7.48.